The van der Waals surface area contributed by atoms with Crippen LogP contribution in [0, 0.1) is 5.82 Å². The molecule has 0 radical (unpaired) electrons. The minimum absolute atomic E-state index is 0.169. The standard InChI is InChI=1S/C16H16FN3O/c17-12-3-1-11(2-4-12)9-16(21)20-15-8-7-14(10-18-15)19-13-5-6-13/h1-4,7-8,10,13,19H,5-6,9H2,(H,18,20,21). The van der Waals surface area contributed by atoms with Crippen molar-refractivity contribution in [1.29, 1.82) is 0 Å². The number of benzene rings is 1. The molecule has 1 aliphatic carbocycles. The second-order valence-corrected chi connectivity index (χ2v) is 5.20. The zero-order valence-electron chi connectivity index (χ0n) is 11.5. The van der Waals surface area contributed by atoms with Gasteiger partial charge in [-0.25, -0.2) is 9.37 Å². The summed E-state index contributed by atoms with van der Waals surface area (Å²) in [5.74, 6) is 0.0417. The topological polar surface area (TPSA) is 54.0 Å². The highest BCUT2D eigenvalue weighted by Crippen LogP contribution is 2.24. The Morgan fingerprint density at radius 1 is 1.19 bits per heavy atom. The van der Waals surface area contributed by atoms with Gasteiger partial charge in [0.15, 0.2) is 0 Å². The van der Waals surface area contributed by atoms with E-state index < -0.39 is 0 Å². The number of amides is 1. The molecule has 1 saturated carbocycles. The van der Waals surface area contributed by atoms with Crippen molar-refractivity contribution in [3.05, 3.63) is 54.0 Å². The van der Waals surface area contributed by atoms with Gasteiger partial charge in [-0.2, -0.15) is 0 Å². The highest BCUT2D eigenvalue weighted by molar-refractivity contribution is 5.91. The minimum Gasteiger partial charge on any atom is -0.381 e. The molecular weight excluding hydrogens is 269 g/mol. The van der Waals surface area contributed by atoms with Gasteiger partial charge in [0.05, 0.1) is 18.3 Å². The van der Waals surface area contributed by atoms with Crippen LogP contribution in [-0.4, -0.2) is 16.9 Å². The molecule has 4 nitrogen and oxygen atoms in total. The Labute approximate surface area is 122 Å². The number of nitrogens with one attached hydrogen (secondary N) is 2. The zero-order chi connectivity index (χ0) is 14.7. The number of carbonyl (C=O) groups is 1. The van der Waals surface area contributed by atoms with E-state index >= 15 is 0 Å². The van der Waals surface area contributed by atoms with Crippen molar-refractivity contribution >= 4 is 17.4 Å². The van der Waals surface area contributed by atoms with Crippen LogP contribution in [-0.2, 0) is 11.2 Å². The molecule has 21 heavy (non-hydrogen) atoms. The monoisotopic (exact) mass is 285 g/mol. The fourth-order valence-electron chi connectivity index (χ4n) is 1.99. The van der Waals surface area contributed by atoms with Gasteiger partial charge in [-0.05, 0) is 42.7 Å². The van der Waals surface area contributed by atoms with Gasteiger partial charge in [-0.1, -0.05) is 12.1 Å². The third kappa shape index (κ3) is 4.02. The first-order valence-corrected chi connectivity index (χ1v) is 6.96. The molecular formula is C16H16FN3O. The lowest BCUT2D eigenvalue weighted by atomic mass is 10.1. The molecule has 0 saturated heterocycles. The second kappa shape index (κ2) is 5.91. The highest BCUT2D eigenvalue weighted by atomic mass is 19.1. The van der Waals surface area contributed by atoms with Crippen LogP contribution in [0.2, 0.25) is 0 Å². The van der Waals surface area contributed by atoms with Gasteiger partial charge in [0.1, 0.15) is 11.6 Å². The van der Waals surface area contributed by atoms with Crippen LogP contribution in [0.15, 0.2) is 42.6 Å². The number of carbonyl (C=O) groups excluding carboxylic acids is 1. The molecule has 0 atom stereocenters. The largest absolute Gasteiger partial charge is 0.381 e. The summed E-state index contributed by atoms with van der Waals surface area (Å²) in [5.41, 5.74) is 1.73. The van der Waals surface area contributed by atoms with Crippen LogP contribution in [0.4, 0.5) is 15.9 Å². The molecule has 1 fully saturated rings. The second-order valence-electron chi connectivity index (χ2n) is 5.20. The third-order valence-corrected chi connectivity index (χ3v) is 3.26. The number of anilines is 2. The van der Waals surface area contributed by atoms with Crippen molar-refractivity contribution in [2.45, 2.75) is 25.3 Å². The van der Waals surface area contributed by atoms with E-state index in [2.05, 4.69) is 15.6 Å². The van der Waals surface area contributed by atoms with Crippen LogP contribution in [0.25, 0.3) is 0 Å². The number of rotatable bonds is 5. The van der Waals surface area contributed by atoms with Crippen molar-refractivity contribution in [1.82, 2.24) is 4.98 Å². The SMILES string of the molecule is O=C(Cc1ccc(F)cc1)Nc1ccc(NC2CC2)cn1. The van der Waals surface area contributed by atoms with E-state index in [1.165, 1.54) is 25.0 Å². The Bertz CT molecular complexity index is 621. The Kier molecular flexibility index (Phi) is 3.81. The van der Waals surface area contributed by atoms with Crippen molar-refractivity contribution in [2.75, 3.05) is 10.6 Å². The van der Waals surface area contributed by atoms with Crippen LogP contribution in [0.5, 0.6) is 0 Å². The lowest BCUT2D eigenvalue weighted by Gasteiger charge is -2.07. The number of pyridine rings is 1. The average molecular weight is 285 g/mol. The Hall–Kier alpha value is -2.43. The first kappa shape index (κ1) is 13.5. The Morgan fingerprint density at radius 2 is 1.95 bits per heavy atom. The molecule has 2 N–H and O–H groups in total. The minimum atomic E-state index is -0.306. The summed E-state index contributed by atoms with van der Waals surface area (Å²) in [6, 6.07) is 10.1. The summed E-state index contributed by atoms with van der Waals surface area (Å²) in [6.07, 6.45) is 4.32. The summed E-state index contributed by atoms with van der Waals surface area (Å²) >= 11 is 0. The van der Waals surface area contributed by atoms with Crippen LogP contribution in [0.3, 0.4) is 0 Å². The Morgan fingerprint density at radius 3 is 2.57 bits per heavy atom. The molecule has 0 unspecified atom stereocenters. The van der Waals surface area contributed by atoms with Crippen molar-refractivity contribution in [3.8, 4) is 0 Å². The van der Waals surface area contributed by atoms with Crippen molar-refractivity contribution in [2.24, 2.45) is 0 Å². The van der Waals surface area contributed by atoms with Crippen LogP contribution < -0.4 is 10.6 Å². The van der Waals surface area contributed by atoms with E-state index in [0.717, 1.165) is 11.3 Å². The van der Waals surface area contributed by atoms with Crippen LogP contribution in [0.1, 0.15) is 18.4 Å². The lowest BCUT2D eigenvalue weighted by molar-refractivity contribution is -0.115. The molecule has 1 aliphatic rings. The van der Waals surface area contributed by atoms with E-state index in [1.54, 1.807) is 24.4 Å². The summed E-state index contributed by atoms with van der Waals surface area (Å²) in [5, 5.41) is 6.06. The first-order valence-electron chi connectivity index (χ1n) is 6.96. The number of halogens is 1. The van der Waals surface area contributed by atoms with Crippen LogP contribution >= 0.6 is 0 Å². The normalized spacial score (nSPS) is 13.8. The number of hydrogen-bond acceptors (Lipinski definition) is 3. The van der Waals surface area contributed by atoms with Gasteiger partial charge in [0.2, 0.25) is 5.91 Å². The molecule has 1 amide bonds. The van der Waals surface area contributed by atoms with Gasteiger partial charge in [-0.15, -0.1) is 0 Å². The predicted octanol–water partition coefficient (Wildman–Crippen LogP) is 2.98. The maximum Gasteiger partial charge on any atom is 0.229 e. The molecule has 1 aromatic carbocycles. The average Bonchev–Trinajstić information content (AvgIpc) is 3.28. The maximum atomic E-state index is 12.8. The Balaban J connectivity index is 1.55. The highest BCUT2D eigenvalue weighted by Gasteiger charge is 2.20. The molecule has 0 aliphatic heterocycles. The van der Waals surface area contributed by atoms with E-state index in [9.17, 15) is 9.18 Å². The van der Waals surface area contributed by atoms with E-state index in [-0.39, 0.29) is 18.1 Å². The van der Waals surface area contributed by atoms with Gasteiger partial charge in [-0.3, -0.25) is 4.79 Å². The van der Waals surface area contributed by atoms with Gasteiger partial charge >= 0.3 is 0 Å². The smallest absolute Gasteiger partial charge is 0.229 e. The maximum absolute atomic E-state index is 12.8. The summed E-state index contributed by atoms with van der Waals surface area (Å²) < 4.78 is 12.8. The summed E-state index contributed by atoms with van der Waals surface area (Å²) in [7, 11) is 0. The van der Waals surface area contributed by atoms with E-state index in [4.69, 9.17) is 0 Å². The van der Waals surface area contributed by atoms with Gasteiger partial charge < -0.3 is 10.6 Å². The molecule has 0 spiro atoms. The third-order valence-electron chi connectivity index (χ3n) is 3.26. The number of hydrogen-bond donors (Lipinski definition) is 2. The molecule has 5 heteroatoms. The lowest BCUT2D eigenvalue weighted by Crippen LogP contribution is -2.15. The molecule has 3 rings (SSSR count). The van der Waals surface area contributed by atoms with Crippen molar-refractivity contribution < 1.29 is 9.18 Å². The summed E-state index contributed by atoms with van der Waals surface area (Å²) in [4.78, 5) is 16.1. The first-order chi connectivity index (χ1) is 10.2. The summed E-state index contributed by atoms with van der Waals surface area (Å²) in [6.45, 7) is 0. The van der Waals surface area contributed by atoms with Gasteiger partial charge in [0.25, 0.3) is 0 Å². The van der Waals surface area contributed by atoms with E-state index in [0.29, 0.717) is 11.9 Å². The molecule has 108 valence electrons. The fraction of sp³-hybridized carbons (Fsp3) is 0.250. The number of aromatic nitrogens is 1. The van der Waals surface area contributed by atoms with Gasteiger partial charge in [0, 0.05) is 6.04 Å². The fourth-order valence-corrected chi connectivity index (χ4v) is 1.99. The van der Waals surface area contributed by atoms with E-state index in [1.807, 2.05) is 6.07 Å². The van der Waals surface area contributed by atoms with Crippen molar-refractivity contribution in [3.63, 3.8) is 0 Å². The molecule has 1 heterocycles. The predicted molar refractivity (Wildman–Crippen MR) is 79.6 cm³/mol. The zero-order valence-corrected chi connectivity index (χ0v) is 11.5. The molecule has 1 aromatic heterocycles. The molecule has 2 aromatic rings. The number of nitrogens with zero attached hydrogens (tertiary/aromatic N) is 1. The quantitative estimate of drug-likeness (QED) is 0.888. The molecule has 0 bridgehead atoms.